The molecular weight excluding hydrogens is 423 g/mol. The number of carbonyl (C=O) groups is 1. The van der Waals surface area contributed by atoms with Gasteiger partial charge in [-0.1, -0.05) is 36.4 Å². The third kappa shape index (κ3) is 4.32. The summed E-state index contributed by atoms with van der Waals surface area (Å²) in [6.07, 6.45) is 5.88. The number of aromatic nitrogens is 3. The van der Waals surface area contributed by atoms with E-state index in [0.29, 0.717) is 49.0 Å². The lowest BCUT2D eigenvalue weighted by Gasteiger charge is -2.28. The molecule has 0 saturated carbocycles. The fourth-order valence-corrected chi connectivity index (χ4v) is 4.03. The largest absolute Gasteiger partial charge is 0.481 e. The molecule has 0 aliphatic carbocycles. The van der Waals surface area contributed by atoms with Gasteiger partial charge in [0.15, 0.2) is 5.76 Å². The van der Waals surface area contributed by atoms with Crippen molar-refractivity contribution in [2.24, 2.45) is 5.92 Å². The van der Waals surface area contributed by atoms with Crippen LogP contribution in [-0.2, 0) is 4.79 Å². The number of hydrogen-bond acceptors (Lipinski definition) is 6. The van der Waals surface area contributed by atoms with Crippen molar-refractivity contribution in [2.75, 3.05) is 18.0 Å². The first kappa shape index (κ1) is 20.8. The predicted octanol–water partition coefficient (Wildman–Crippen LogP) is 4.91. The maximum absolute atomic E-state index is 13.2. The second-order valence-electron chi connectivity index (χ2n) is 7.99. The van der Waals surface area contributed by atoms with Crippen LogP contribution in [0.4, 0.5) is 10.4 Å². The van der Waals surface area contributed by atoms with Gasteiger partial charge in [-0.3, -0.25) is 4.79 Å². The number of halogens is 1. The molecule has 5 rings (SSSR count). The van der Waals surface area contributed by atoms with E-state index < -0.39 is 5.97 Å². The van der Waals surface area contributed by atoms with Crippen LogP contribution < -0.4 is 4.90 Å². The summed E-state index contributed by atoms with van der Waals surface area (Å²) >= 11 is 0. The van der Waals surface area contributed by atoms with E-state index >= 15 is 0 Å². The summed E-state index contributed by atoms with van der Waals surface area (Å²) in [6, 6.07) is 14.6. The summed E-state index contributed by atoms with van der Waals surface area (Å²) < 4.78 is 19.4. The Hall–Kier alpha value is -4.07. The molecule has 0 spiro atoms. The van der Waals surface area contributed by atoms with Gasteiger partial charge < -0.3 is 14.4 Å². The van der Waals surface area contributed by atoms with Crippen molar-refractivity contribution < 1.29 is 18.7 Å². The molecule has 4 aromatic rings. The van der Waals surface area contributed by atoms with Crippen molar-refractivity contribution >= 4 is 12.0 Å². The van der Waals surface area contributed by atoms with Crippen molar-refractivity contribution in [3.05, 3.63) is 73.1 Å². The highest BCUT2D eigenvalue weighted by Gasteiger charge is 2.28. The number of nitrogens with zero attached hydrogens (tertiary/aromatic N) is 4. The van der Waals surface area contributed by atoms with Gasteiger partial charge in [0.1, 0.15) is 17.8 Å². The number of carboxylic acid groups (broad SMARTS) is 1. The van der Waals surface area contributed by atoms with Gasteiger partial charge in [0.25, 0.3) is 6.01 Å². The number of rotatable bonds is 5. The average Bonchev–Trinajstić information content (AvgIpc) is 3.31. The van der Waals surface area contributed by atoms with Gasteiger partial charge >= 0.3 is 5.97 Å². The summed E-state index contributed by atoms with van der Waals surface area (Å²) in [5.74, 6) is -0.809. The Balaban J connectivity index is 1.48. The molecule has 1 saturated heterocycles. The standard InChI is InChI=1S/C25H21FN4O3/c26-21-7-5-17(6-8-21)16-1-3-18(4-2-16)22-23(20-13-27-15-28-14-20)33-25(29-22)30-11-9-19(10-12-30)24(31)32/h1-8,13-15,19H,9-12H2,(H,31,32). The minimum absolute atomic E-state index is 0.271. The van der Waals surface area contributed by atoms with Crippen LogP contribution in [0, 0.1) is 11.7 Å². The van der Waals surface area contributed by atoms with Gasteiger partial charge in [-0.25, -0.2) is 14.4 Å². The molecule has 2 aromatic carbocycles. The van der Waals surface area contributed by atoms with Gasteiger partial charge in [-0.2, -0.15) is 4.98 Å². The number of carboxylic acids is 1. The van der Waals surface area contributed by atoms with E-state index in [9.17, 15) is 14.3 Å². The van der Waals surface area contributed by atoms with E-state index in [1.165, 1.54) is 18.5 Å². The third-order valence-corrected chi connectivity index (χ3v) is 5.89. The quantitative estimate of drug-likeness (QED) is 0.468. The highest BCUT2D eigenvalue weighted by molar-refractivity contribution is 5.79. The Bertz CT molecular complexity index is 1250. The second kappa shape index (κ2) is 8.82. The molecule has 0 unspecified atom stereocenters. The van der Waals surface area contributed by atoms with Crippen molar-refractivity contribution in [3.8, 4) is 33.7 Å². The molecule has 0 amide bonds. The van der Waals surface area contributed by atoms with Gasteiger partial charge in [-0.15, -0.1) is 0 Å². The first-order valence-electron chi connectivity index (χ1n) is 10.7. The van der Waals surface area contributed by atoms with E-state index in [0.717, 1.165) is 16.7 Å². The molecule has 1 aliphatic heterocycles. The van der Waals surface area contributed by atoms with Crippen LogP contribution in [0.5, 0.6) is 0 Å². The smallest absolute Gasteiger partial charge is 0.306 e. The molecule has 0 bridgehead atoms. The van der Waals surface area contributed by atoms with Gasteiger partial charge in [0.05, 0.1) is 11.5 Å². The molecule has 8 heteroatoms. The first-order chi connectivity index (χ1) is 16.1. The number of piperidine rings is 1. The number of oxazole rings is 1. The Morgan fingerprint density at radius 3 is 2.09 bits per heavy atom. The van der Waals surface area contributed by atoms with Crippen molar-refractivity contribution in [2.45, 2.75) is 12.8 Å². The lowest BCUT2D eigenvalue weighted by atomic mass is 9.97. The number of hydrogen-bond donors (Lipinski definition) is 1. The Morgan fingerprint density at radius 1 is 0.909 bits per heavy atom. The van der Waals surface area contributed by atoms with E-state index in [1.54, 1.807) is 24.5 Å². The molecule has 0 radical (unpaired) electrons. The van der Waals surface area contributed by atoms with Crippen LogP contribution in [-0.4, -0.2) is 39.1 Å². The molecule has 0 atom stereocenters. The van der Waals surface area contributed by atoms with Crippen LogP contribution in [0.15, 0.2) is 71.7 Å². The predicted molar refractivity (Wildman–Crippen MR) is 121 cm³/mol. The molecule has 1 fully saturated rings. The molecule has 1 N–H and O–H groups in total. The van der Waals surface area contributed by atoms with Crippen LogP contribution in [0.25, 0.3) is 33.7 Å². The molecule has 33 heavy (non-hydrogen) atoms. The molecular formula is C25H21FN4O3. The van der Waals surface area contributed by atoms with E-state index in [1.807, 2.05) is 29.2 Å². The molecule has 7 nitrogen and oxygen atoms in total. The summed E-state index contributed by atoms with van der Waals surface area (Å²) in [4.78, 5) is 26.2. The maximum Gasteiger partial charge on any atom is 0.306 e. The minimum atomic E-state index is -0.758. The minimum Gasteiger partial charge on any atom is -0.481 e. The Labute approximate surface area is 189 Å². The van der Waals surface area contributed by atoms with E-state index in [2.05, 4.69) is 9.97 Å². The lowest BCUT2D eigenvalue weighted by Crippen LogP contribution is -2.36. The SMILES string of the molecule is O=C(O)C1CCN(c2nc(-c3ccc(-c4ccc(F)cc4)cc3)c(-c3cncnc3)o2)CC1. The summed E-state index contributed by atoms with van der Waals surface area (Å²) in [5.41, 5.74) is 4.10. The van der Waals surface area contributed by atoms with Crippen molar-refractivity contribution in [1.82, 2.24) is 15.0 Å². The number of aliphatic carboxylic acids is 1. The van der Waals surface area contributed by atoms with E-state index in [4.69, 9.17) is 9.40 Å². The lowest BCUT2D eigenvalue weighted by molar-refractivity contribution is -0.142. The normalized spacial score (nSPS) is 14.4. The zero-order valence-corrected chi connectivity index (χ0v) is 17.7. The van der Waals surface area contributed by atoms with Crippen LogP contribution in [0.1, 0.15) is 12.8 Å². The summed E-state index contributed by atoms with van der Waals surface area (Å²) in [5, 5.41) is 9.27. The molecule has 2 aromatic heterocycles. The first-order valence-corrected chi connectivity index (χ1v) is 10.7. The topological polar surface area (TPSA) is 92.3 Å². The second-order valence-corrected chi connectivity index (χ2v) is 7.99. The summed E-state index contributed by atoms with van der Waals surface area (Å²) in [7, 11) is 0. The van der Waals surface area contributed by atoms with Crippen molar-refractivity contribution in [1.29, 1.82) is 0 Å². The monoisotopic (exact) mass is 444 g/mol. The Morgan fingerprint density at radius 2 is 1.48 bits per heavy atom. The van der Waals surface area contributed by atoms with Crippen LogP contribution in [0.2, 0.25) is 0 Å². The summed E-state index contributed by atoms with van der Waals surface area (Å²) in [6.45, 7) is 1.12. The number of benzene rings is 2. The molecule has 1 aliphatic rings. The zero-order chi connectivity index (χ0) is 22.8. The maximum atomic E-state index is 13.2. The van der Waals surface area contributed by atoms with Crippen LogP contribution >= 0.6 is 0 Å². The fraction of sp³-hybridized carbons (Fsp3) is 0.200. The van der Waals surface area contributed by atoms with Crippen LogP contribution in [0.3, 0.4) is 0 Å². The molecule has 166 valence electrons. The molecule has 3 heterocycles. The van der Waals surface area contributed by atoms with E-state index in [-0.39, 0.29) is 11.7 Å². The van der Waals surface area contributed by atoms with Gasteiger partial charge in [0.2, 0.25) is 0 Å². The average molecular weight is 444 g/mol. The Kier molecular flexibility index (Phi) is 5.56. The zero-order valence-electron chi connectivity index (χ0n) is 17.7. The number of anilines is 1. The van der Waals surface area contributed by atoms with Gasteiger partial charge in [-0.05, 0) is 36.1 Å². The fourth-order valence-electron chi connectivity index (χ4n) is 4.03. The van der Waals surface area contributed by atoms with Gasteiger partial charge in [0, 0.05) is 31.0 Å². The van der Waals surface area contributed by atoms with Crippen molar-refractivity contribution in [3.63, 3.8) is 0 Å². The highest BCUT2D eigenvalue weighted by Crippen LogP contribution is 2.37. The third-order valence-electron chi connectivity index (χ3n) is 5.89. The highest BCUT2D eigenvalue weighted by atomic mass is 19.1.